The van der Waals surface area contributed by atoms with Gasteiger partial charge in [-0.25, -0.2) is 0 Å². The Kier molecular flexibility index (Phi) is 11.6. The third kappa shape index (κ3) is 7.15. The lowest BCUT2D eigenvalue weighted by molar-refractivity contribution is -0.314. The van der Waals surface area contributed by atoms with Gasteiger partial charge < -0.3 is 78.5 Å². The van der Waals surface area contributed by atoms with E-state index in [0.717, 1.165) is 0 Å². The molecule has 2 heterocycles. The van der Waals surface area contributed by atoms with E-state index in [1.54, 1.807) is 0 Å². The molecule has 3 aliphatic rings. The van der Waals surface area contributed by atoms with E-state index < -0.39 is 92.0 Å². The molecule has 1 saturated carbocycles. The van der Waals surface area contributed by atoms with Crippen molar-refractivity contribution in [2.24, 2.45) is 28.7 Å². The van der Waals surface area contributed by atoms with Gasteiger partial charge in [-0.05, 0) is 32.2 Å². The van der Waals surface area contributed by atoms with E-state index in [4.69, 9.17) is 47.6 Å². The second-order valence-corrected chi connectivity index (χ2v) is 10.2. The highest BCUT2D eigenvalue weighted by atomic mass is 16.7. The number of carbonyl (C=O) groups is 1. The van der Waals surface area contributed by atoms with Crippen LogP contribution in [0.15, 0.2) is 0 Å². The molecule has 16 heteroatoms. The zero-order chi connectivity index (χ0) is 28.1. The molecular formula is C22H44N6O10. The summed E-state index contributed by atoms with van der Waals surface area (Å²) in [6.45, 7) is -0.296. The monoisotopic (exact) mass is 552 g/mol. The number of hydrogen-bond donors (Lipinski definition) is 11. The number of amides is 1. The Labute approximate surface area is 220 Å². The number of aliphatic hydroxyl groups is 5. The van der Waals surface area contributed by atoms with Crippen molar-refractivity contribution < 1.29 is 49.3 Å². The molecule has 0 aromatic rings. The van der Waals surface area contributed by atoms with Crippen LogP contribution in [0.4, 0.5) is 0 Å². The predicted molar refractivity (Wildman–Crippen MR) is 131 cm³/mol. The fraction of sp³-hybridized carbons (Fsp3) is 0.955. The summed E-state index contributed by atoms with van der Waals surface area (Å²) >= 11 is 0. The summed E-state index contributed by atoms with van der Waals surface area (Å²) in [5.41, 5.74) is 29.6. The minimum absolute atomic E-state index is 0.000983. The van der Waals surface area contributed by atoms with Crippen molar-refractivity contribution in [3.63, 3.8) is 0 Å². The number of carbonyl (C=O) groups excluding carboxylic acids is 1. The Hall–Kier alpha value is -1.09. The number of rotatable bonds is 10. The molecule has 1 amide bonds. The fourth-order valence-corrected chi connectivity index (χ4v) is 5.02. The first-order valence-corrected chi connectivity index (χ1v) is 12.9. The molecule has 16 nitrogen and oxygen atoms in total. The molecule has 3 rings (SSSR count). The van der Waals surface area contributed by atoms with Crippen molar-refractivity contribution in [2.45, 2.75) is 111 Å². The zero-order valence-corrected chi connectivity index (χ0v) is 21.2. The van der Waals surface area contributed by atoms with Crippen LogP contribution in [-0.4, -0.2) is 137 Å². The average Bonchev–Trinajstić information content (AvgIpc) is 2.89. The van der Waals surface area contributed by atoms with E-state index in [2.05, 4.69) is 5.32 Å². The number of aliphatic hydroxyl groups excluding tert-OH is 5. The van der Waals surface area contributed by atoms with Gasteiger partial charge in [0.1, 0.15) is 42.7 Å². The maximum Gasteiger partial charge on any atom is 0.249 e. The SMILES string of the molecule is NCC[C@H](O)C(=O)N[C@@H]1C[C@H](N)C(O[C@H]2OC(CN)CCC2N)C(O)[C@H]1O[C@H]1OC(CO)[C@@H](O)[C@H](N)C1O. The molecular weight excluding hydrogens is 508 g/mol. The fourth-order valence-electron chi connectivity index (χ4n) is 5.02. The lowest BCUT2D eigenvalue weighted by atomic mass is 9.83. The number of hydrogen-bond acceptors (Lipinski definition) is 15. The Balaban J connectivity index is 1.82. The van der Waals surface area contributed by atoms with E-state index in [1.165, 1.54) is 0 Å². The van der Waals surface area contributed by atoms with Crippen LogP contribution in [0.2, 0.25) is 0 Å². The quantitative estimate of drug-likeness (QED) is 0.120. The van der Waals surface area contributed by atoms with Crippen LogP contribution in [0.1, 0.15) is 25.7 Å². The van der Waals surface area contributed by atoms with Crippen LogP contribution in [-0.2, 0) is 23.7 Å². The third-order valence-corrected chi connectivity index (χ3v) is 7.37. The predicted octanol–water partition coefficient (Wildman–Crippen LogP) is -6.40. The van der Waals surface area contributed by atoms with Crippen LogP contribution >= 0.6 is 0 Å². The number of ether oxygens (including phenoxy) is 4. The summed E-state index contributed by atoms with van der Waals surface area (Å²) in [6, 6.07) is -3.54. The van der Waals surface area contributed by atoms with Crippen molar-refractivity contribution in [2.75, 3.05) is 19.7 Å². The van der Waals surface area contributed by atoms with Crippen LogP contribution in [0.5, 0.6) is 0 Å². The maximum atomic E-state index is 12.6. The van der Waals surface area contributed by atoms with E-state index in [0.29, 0.717) is 12.8 Å². The summed E-state index contributed by atoms with van der Waals surface area (Å²) < 4.78 is 23.3. The number of nitrogens with one attached hydrogen (secondary N) is 1. The first kappa shape index (κ1) is 31.4. The molecule has 3 fully saturated rings. The summed E-state index contributed by atoms with van der Waals surface area (Å²) in [4.78, 5) is 12.6. The normalized spacial score (nSPS) is 44.9. The van der Waals surface area contributed by atoms with Gasteiger partial charge in [0.15, 0.2) is 12.6 Å². The summed E-state index contributed by atoms with van der Waals surface area (Å²) in [5, 5.41) is 54.4. The van der Waals surface area contributed by atoms with Gasteiger partial charge in [0.05, 0.1) is 30.8 Å². The highest BCUT2D eigenvalue weighted by Gasteiger charge is 2.51. The molecule has 1 aliphatic carbocycles. The van der Waals surface area contributed by atoms with Gasteiger partial charge in [0, 0.05) is 12.6 Å². The smallest absolute Gasteiger partial charge is 0.249 e. The van der Waals surface area contributed by atoms with E-state index >= 15 is 0 Å². The minimum Gasteiger partial charge on any atom is -0.394 e. The first-order chi connectivity index (χ1) is 18.0. The van der Waals surface area contributed by atoms with Crippen LogP contribution in [0.25, 0.3) is 0 Å². The van der Waals surface area contributed by atoms with Crippen LogP contribution < -0.4 is 34.0 Å². The molecule has 16 N–H and O–H groups in total. The molecule has 2 saturated heterocycles. The van der Waals surface area contributed by atoms with Crippen molar-refractivity contribution in [1.82, 2.24) is 5.32 Å². The molecule has 14 atom stereocenters. The van der Waals surface area contributed by atoms with E-state index in [9.17, 15) is 30.3 Å². The molecule has 38 heavy (non-hydrogen) atoms. The van der Waals surface area contributed by atoms with E-state index in [-0.39, 0.29) is 32.0 Å². The van der Waals surface area contributed by atoms with Crippen molar-refractivity contribution >= 4 is 5.91 Å². The second kappa shape index (κ2) is 14.0. The Bertz CT molecular complexity index is 755. The van der Waals surface area contributed by atoms with Crippen LogP contribution in [0, 0.1) is 0 Å². The minimum atomic E-state index is -1.55. The molecule has 0 spiro atoms. The molecule has 2 aliphatic heterocycles. The van der Waals surface area contributed by atoms with Crippen LogP contribution in [0.3, 0.4) is 0 Å². The average molecular weight is 553 g/mol. The summed E-state index contributed by atoms with van der Waals surface area (Å²) in [6.07, 6.45) is -10.8. The lowest BCUT2D eigenvalue weighted by Gasteiger charge is -2.48. The largest absolute Gasteiger partial charge is 0.394 e. The van der Waals surface area contributed by atoms with Gasteiger partial charge in [0.2, 0.25) is 5.91 Å². The third-order valence-electron chi connectivity index (χ3n) is 7.37. The summed E-state index contributed by atoms with van der Waals surface area (Å²) in [5.74, 6) is -0.762. The molecule has 0 aromatic carbocycles. The first-order valence-electron chi connectivity index (χ1n) is 12.9. The maximum absolute atomic E-state index is 12.6. The zero-order valence-electron chi connectivity index (χ0n) is 21.2. The topological polar surface area (TPSA) is 297 Å². The van der Waals surface area contributed by atoms with Crippen molar-refractivity contribution in [1.29, 1.82) is 0 Å². The van der Waals surface area contributed by atoms with Gasteiger partial charge >= 0.3 is 0 Å². The highest BCUT2D eigenvalue weighted by Crippen LogP contribution is 2.31. The van der Waals surface area contributed by atoms with Crippen molar-refractivity contribution in [3.05, 3.63) is 0 Å². The Morgan fingerprint density at radius 1 is 0.947 bits per heavy atom. The standard InChI is InChI=1S/C22H44N6O10/c23-4-3-12(30)20(34)28-11-5-10(26)18(37-21-9(25)2-1-8(6-24)35-21)17(33)19(11)38-22-16(32)14(27)15(31)13(7-29)36-22/h8-19,21-22,29-33H,1-7,23-27H2,(H,28,34)/t8?,9?,10-,11+,12-,13?,14-,15+,16?,17?,18?,19-,21+,22+/m0/s1. The Morgan fingerprint density at radius 3 is 2.26 bits per heavy atom. The summed E-state index contributed by atoms with van der Waals surface area (Å²) in [7, 11) is 0. The van der Waals surface area contributed by atoms with Crippen molar-refractivity contribution in [3.8, 4) is 0 Å². The molecule has 222 valence electrons. The van der Waals surface area contributed by atoms with Gasteiger partial charge in [-0.3, -0.25) is 4.79 Å². The molecule has 0 aromatic heterocycles. The van der Waals surface area contributed by atoms with Gasteiger partial charge in [-0.2, -0.15) is 0 Å². The molecule has 6 unspecified atom stereocenters. The Morgan fingerprint density at radius 2 is 1.63 bits per heavy atom. The number of nitrogens with two attached hydrogens (primary N) is 5. The van der Waals surface area contributed by atoms with Gasteiger partial charge in [0.25, 0.3) is 0 Å². The second-order valence-electron chi connectivity index (χ2n) is 10.2. The molecule has 0 bridgehead atoms. The highest BCUT2D eigenvalue weighted by molar-refractivity contribution is 5.80. The molecule has 0 radical (unpaired) electrons. The van der Waals surface area contributed by atoms with E-state index in [1.807, 2.05) is 0 Å². The van der Waals surface area contributed by atoms with Gasteiger partial charge in [-0.15, -0.1) is 0 Å². The van der Waals surface area contributed by atoms with Gasteiger partial charge in [-0.1, -0.05) is 0 Å². The lowest BCUT2D eigenvalue weighted by Crippen LogP contribution is -2.69.